The quantitative estimate of drug-likeness (QED) is 0.326. The van der Waals surface area contributed by atoms with E-state index in [1.54, 1.807) is 6.07 Å². The number of rotatable bonds is 7. The van der Waals surface area contributed by atoms with Gasteiger partial charge in [-0.25, -0.2) is 17.6 Å². The van der Waals surface area contributed by atoms with E-state index in [0.29, 0.717) is 17.1 Å². The minimum Gasteiger partial charge on any atom is -0.478 e. The number of nitrogens with zero attached hydrogens (tertiary/aromatic N) is 2. The van der Waals surface area contributed by atoms with Gasteiger partial charge in [-0.2, -0.15) is 4.31 Å². The van der Waals surface area contributed by atoms with Gasteiger partial charge in [0.05, 0.1) is 11.3 Å². The van der Waals surface area contributed by atoms with Crippen molar-refractivity contribution >= 4 is 33.9 Å². The number of hydrogen-bond donors (Lipinski definition) is 1. The Kier molecular flexibility index (Phi) is 7.28. The smallest absolute Gasteiger partial charge is 0.335 e. The molecule has 0 bridgehead atoms. The third-order valence-corrected chi connectivity index (χ3v) is 9.99. The van der Waals surface area contributed by atoms with Crippen molar-refractivity contribution in [2.45, 2.75) is 44.0 Å². The maximum atomic E-state index is 16.1. The number of unbranched alkanes of at least 4 members (excludes halogenated alkanes) is 1. The summed E-state index contributed by atoms with van der Waals surface area (Å²) in [6.45, 7) is 4.28. The first kappa shape index (κ1) is 26.4. The number of hydrogen-bond acceptors (Lipinski definition) is 6. The average molecular weight is 539 g/mol. The number of para-hydroxylation sites is 1. The lowest BCUT2D eigenvalue weighted by molar-refractivity contribution is 0.0219. The van der Waals surface area contributed by atoms with Crippen molar-refractivity contribution in [3.05, 3.63) is 77.6 Å². The maximum Gasteiger partial charge on any atom is 0.335 e. The number of carbonyl (C=O) groups is 2. The fraction of sp³-hybridized carbons (Fsp3) is 0.310. The summed E-state index contributed by atoms with van der Waals surface area (Å²) in [5.74, 6) is -2.00. The molecule has 1 fully saturated rings. The number of fused-ring (bicyclic) bond motifs is 2. The average Bonchev–Trinajstić information content (AvgIpc) is 2.99. The molecule has 2 heterocycles. The summed E-state index contributed by atoms with van der Waals surface area (Å²) in [7, 11) is -0.387. The summed E-state index contributed by atoms with van der Waals surface area (Å²) in [5.41, 5.74) is 2.14. The maximum absolute atomic E-state index is 16.1. The molecule has 200 valence electrons. The zero-order valence-corrected chi connectivity index (χ0v) is 22.5. The Balaban J connectivity index is 1.76. The third-order valence-electron chi connectivity index (χ3n) is 7.21. The van der Waals surface area contributed by atoms with Crippen LogP contribution in [0.25, 0.3) is 11.1 Å². The van der Waals surface area contributed by atoms with Crippen LogP contribution in [0, 0.1) is 5.82 Å². The van der Waals surface area contributed by atoms with E-state index >= 15 is 4.39 Å². The van der Waals surface area contributed by atoms with Gasteiger partial charge in [0.25, 0.3) is 0 Å². The van der Waals surface area contributed by atoms with Gasteiger partial charge in [-0.3, -0.25) is 4.79 Å². The van der Waals surface area contributed by atoms with Gasteiger partial charge < -0.3 is 10.0 Å². The summed E-state index contributed by atoms with van der Waals surface area (Å²) < 4.78 is 30.6. The molecule has 3 aromatic carbocycles. The minimum atomic E-state index is -2.38. The second-order valence-corrected chi connectivity index (χ2v) is 12.0. The third kappa shape index (κ3) is 4.49. The van der Waals surface area contributed by atoms with E-state index in [9.17, 15) is 14.7 Å². The highest BCUT2D eigenvalue weighted by Gasteiger charge is 2.46. The van der Waals surface area contributed by atoms with Crippen molar-refractivity contribution < 1.29 is 27.5 Å². The highest BCUT2D eigenvalue weighted by Crippen LogP contribution is 2.70. The molecule has 7 nitrogen and oxygen atoms in total. The normalized spacial score (nSPS) is 19.4. The highest BCUT2D eigenvalue weighted by molar-refractivity contribution is 8.24. The van der Waals surface area contributed by atoms with Gasteiger partial charge in [-0.15, -0.1) is 0 Å². The number of halogens is 1. The molecular weight excluding hydrogens is 507 g/mol. The molecule has 0 aromatic heterocycles. The van der Waals surface area contributed by atoms with Crippen molar-refractivity contribution in [1.29, 1.82) is 0 Å². The molecule has 2 aliphatic heterocycles. The molecular formula is C29H31FN2O5S. The monoisotopic (exact) mass is 538 g/mol. The lowest BCUT2D eigenvalue weighted by atomic mass is 9.94. The number of carbonyl (C=O) groups excluding carboxylic acids is 1. The Morgan fingerprint density at radius 3 is 2.42 bits per heavy atom. The molecule has 0 unspecified atom stereocenters. The zero-order valence-electron chi connectivity index (χ0n) is 21.6. The van der Waals surface area contributed by atoms with Crippen LogP contribution in [0.1, 0.15) is 53.8 Å². The Morgan fingerprint density at radius 1 is 1.08 bits per heavy atom. The molecule has 38 heavy (non-hydrogen) atoms. The molecule has 9 heteroatoms. The standard InChI is InChI=1S/C29H31FN2O5S/c1-4-5-9-22-17-32(21-10-7-6-8-11-21)27-16-26(30)25(15-28(27)38(31(22)3)36-18-37-38)24-14-20(29(34)35)12-13-23(24)19(2)33/h6-8,10-16,22H,4-5,9,17-18H2,1-3H3,(H,34,35)/t22-/m1/s1. The van der Waals surface area contributed by atoms with Gasteiger partial charge in [-0.05, 0) is 55.3 Å². The van der Waals surface area contributed by atoms with Crippen molar-refractivity contribution in [1.82, 2.24) is 4.31 Å². The van der Waals surface area contributed by atoms with E-state index < -0.39 is 22.6 Å². The van der Waals surface area contributed by atoms with Crippen LogP contribution in [-0.2, 0) is 8.37 Å². The first-order valence-electron chi connectivity index (χ1n) is 12.7. The predicted molar refractivity (Wildman–Crippen MR) is 146 cm³/mol. The number of anilines is 2. The fourth-order valence-electron chi connectivity index (χ4n) is 5.15. The SMILES string of the molecule is CCCC[C@@H]1CN(c2ccccc2)c2cc(F)c(-c3cc(C(=O)O)ccc3C(C)=O)cc2S2(OCO2)N1C. The van der Waals surface area contributed by atoms with Crippen LogP contribution in [-0.4, -0.2) is 47.6 Å². The van der Waals surface area contributed by atoms with E-state index in [1.807, 2.05) is 37.4 Å². The van der Waals surface area contributed by atoms with Crippen LogP contribution in [0.5, 0.6) is 0 Å². The Morgan fingerprint density at radius 2 is 1.82 bits per heavy atom. The molecule has 1 saturated heterocycles. The number of Topliss-reactive ketones (excluding diaryl/α,β-unsaturated/α-hetero) is 1. The molecule has 0 amide bonds. The molecule has 3 aromatic rings. The van der Waals surface area contributed by atoms with Gasteiger partial charge in [0.1, 0.15) is 10.7 Å². The molecule has 0 saturated carbocycles. The Hall–Kier alpha value is -3.24. The van der Waals surface area contributed by atoms with E-state index in [4.69, 9.17) is 8.37 Å². The van der Waals surface area contributed by atoms with E-state index in [-0.39, 0.29) is 40.9 Å². The first-order chi connectivity index (χ1) is 18.3. The Bertz CT molecular complexity index is 1380. The number of aromatic carboxylic acids is 1. The molecule has 0 aliphatic carbocycles. The first-order valence-corrected chi connectivity index (χ1v) is 14.1. The lowest BCUT2D eigenvalue weighted by Crippen LogP contribution is -2.43. The van der Waals surface area contributed by atoms with Crippen LogP contribution in [0.3, 0.4) is 0 Å². The number of likely N-dealkylation sites (N-methyl/N-ethyl adjacent to an activating group) is 1. The van der Waals surface area contributed by atoms with Crippen LogP contribution < -0.4 is 4.90 Å². The molecule has 5 rings (SSSR count). The topological polar surface area (TPSA) is 79.3 Å². The summed E-state index contributed by atoms with van der Waals surface area (Å²) >= 11 is 0. The van der Waals surface area contributed by atoms with Crippen LogP contribution in [0.15, 0.2) is 65.6 Å². The number of benzene rings is 3. The van der Waals surface area contributed by atoms with E-state index in [2.05, 4.69) is 16.1 Å². The van der Waals surface area contributed by atoms with Crippen LogP contribution in [0.2, 0.25) is 0 Å². The van der Waals surface area contributed by atoms with Crippen molar-refractivity contribution in [2.75, 3.05) is 25.3 Å². The molecule has 2 aliphatic rings. The van der Waals surface area contributed by atoms with Crippen LogP contribution >= 0.6 is 10.8 Å². The van der Waals surface area contributed by atoms with Crippen molar-refractivity contribution in [2.24, 2.45) is 0 Å². The molecule has 1 spiro atoms. The van der Waals surface area contributed by atoms with Gasteiger partial charge in [0.2, 0.25) is 0 Å². The van der Waals surface area contributed by atoms with Crippen molar-refractivity contribution in [3.8, 4) is 11.1 Å². The van der Waals surface area contributed by atoms with Gasteiger partial charge in [0.15, 0.2) is 12.6 Å². The zero-order chi connectivity index (χ0) is 27.0. The molecule has 0 radical (unpaired) electrons. The second kappa shape index (κ2) is 10.5. The Labute approximate surface area is 223 Å². The van der Waals surface area contributed by atoms with Gasteiger partial charge >= 0.3 is 5.97 Å². The number of carboxylic acid groups (broad SMARTS) is 1. The van der Waals surface area contributed by atoms with E-state index in [1.165, 1.54) is 31.2 Å². The summed E-state index contributed by atoms with van der Waals surface area (Å²) in [6.07, 6.45) is 2.97. The number of ketones is 1. The fourth-order valence-corrected chi connectivity index (χ4v) is 7.59. The van der Waals surface area contributed by atoms with E-state index in [0.717, 1.165) is 24.9 Å². The lowest BCUT2D eigenvalue weighted by Gasteiger charge is -2.56. The second-order valence-electron chi connectivity index (χ2n) is 9.54. The van der Waals surface area contributed by atoms with Gasteiger partial charge in [-0.1, -0.05) is 48.7 Å². The molecule has 1 N–H and O–H groups in total. The minimum absolute atomic E-state index is 0.0276. The van der Waals surface area contributed by atoms with Crippen LogP contribution in [0.4, 0.5) is 15.8 Å². The van der Waals surface area contributed by atoms with Gasteiger partial charge in [0, 0.05) is 42.5 Å². The highest BCUT2D eigenvalue weighted by atomic mass is 32.3. The molecule has 1 atom stereocenters. The van der Waals surface area contributed by atoms with Crippen molar-refractivity contribution in [3.63, 3.8) is 0 Å². The largest absolute Gasteiger partial charge is 0.478 e. The summed E-state index contributed by atoms with van der Waals surface area (Å²) in [6, 6.07) is 17.2. The number of carboxylic acids is 1. The predicted octanol–water partition coefficient (Wildman–Crippen LogP) is 6.95. The summed E-state index contributed by atoms with van der Waals surface area (Å²) in [5, 5.41) is 9.58. The summed E-state index contributed by atoms with van der Waals surface area (Å²) in [4.78, 5) is 27.0.